The third-order valence-corrected chi connectivity index (χ3v) is 3.50. The van der Waals surface area contributed by atoms with Gasteiger partial charge in [0.25, 0.3) is 0 Å². The largest absolute Gasteiger partial charge is 0.422 e. The van der Waals surface area contributed by atoms with E-state index in [1.807, 2.05) is 6.07 Å². The van der Waals surface area contributed by atoms with Gasteiger partial charge in [0, 0.05) is 30.1 Å². The van der Waals surface area contributed by atoms with Crippen molar-refractivity contribution in [3.05, 3.63) is 51.9 Å². The Kier molecular flexibility index (Phi) is 2.72. The summed E-state index contributed by atoms with van der Waals surface area (Å²) < 4.78 is 5.37. The van der Waals surface area contributed by atoms with Gasteiger partial charge in [-0.2, -0.15) is 0 Å². The van der Waals surface area contributed by atoms with Gasteiger partial charge in [0.1, 0.15) is 5.58 Å². The number of fused-ring (bicyclic) bond motifs is 2. The number of hydrogen-bond acceptors (Lipinski definition) is 3. The molecule has 2 aliphatic rings. The molecule has 19 heavy (non-hydrogen) atoms. The quantitative estimate of drug-likeness (QED) is 0.692. The molecular formula is C15H12ClNO2. The summed E-state index contributed by atoms with van der Waals surface area (Å²) in [6, 6.07) is 5.38. The summed E-state index contributed by atoms with van der Waals surface area (Å²) in [7, 11) is 0. The van der Waals surface area contributed by atoms with E-state index in [1.165, 1.54) is 17.3 Å². The smallest absolute Gasteiger partial charge is 0.336 e. The first-order valence-corrected chi connectivity index (χ1v) is 6.02. The fourth-order valence-electron chi connectivity index (χ4n) is 2.75. The first kappa shape index (κ1) is 12.1. The average Bonchev–Trinajstić information content (AvgIpc) is 2.40. The summed E-state index contributed by atoms with van der Waals surface area (Å²) in [5.41, 5.74) is 3.80. The van der Waals surface area contributed by atoms with Gasteiger partial charge in [0.2, 0.25) is 0 Å². The predicted molar refractivity (Wildman–Crippen MR) is 80.0 cm³/mol. The number of halogens is 1. The standard InChI is InChI=1S/C15H11NO2.ClH/c17-13-6-5-11-9-10-3-1-7-16-8-2-4-12(14(10)16)15(11)18-13;/h1-6,9H,7-8H2;1H. The lowest BCUT2D eigenvalue weighted by atomic mass is 9.96. The van der Waals surface area contributed by atoms with Crippen LogP contribution in [0.3, 0.4) is 0 Å². The molecule has 0 fully saturated rings. The molecule has 0 unspecified atom stereocenters. The minimum absolute atomic E-state index is 0. The summed E-state index contributed by atoms with van der Waals surface area (Å²) in [4.78, 5) is 13.7. The van der Waals surface area contributed by atoms with Crippen molar-refractivity contribution in [3.63, 3.8) is 0 Å². The van der Waals surface area contributed by atoms with Gasteiger partial charge in [-0.05, 0) is 17.7 Å². The molecule has 2 aliphatic heterocycles. The highest BCUT2D eigenvalue weighted by molar-refractivity contribution is 5.98. The Morgan fingerprint density at radius 2 is 1.89 bits per heavy atom. The highest BCUT2D eigenvalue weighted by atomic mass is 35.5. The van der Waals surface area contributed by atoms with Crippen molar-refractivity contribution in [2.75, 3.05) is 18.0 Å². The number of hydrogen-bond donors (Lipinski definition) is 0. The molecule has 0 aliphatic carbocycles. The van der Waals surface area contributed by atoms with E-state index in [2.05, 4.69) is 35.3 Å². The molecule has 0 saturated heterocycles. The van der Waals surface area contributed by atoms with Crippen LogP contribution in [0.4, 0.5) is 5.69 Å². The van der Waals surface area contributed by atoms with E-state index in [-0.39, 0.29) is 18.0 Å². The van der Waals surface area contributed by atoms with Crippen LogP contribution < -0.4 is 10.5 Å². The molecule has 0 bridgehead atoms. The second-order valence-electron chi connectivity index (χ2n) is 4.61. The van der Waals surface area contributed by atoms with Gasteiger partial charge in [-0.15, -0.1) is 12.4 Å². The first-order valence-electron chi connectivity index (χ1n) is 6.02. The third-order valence-electron chi connectivity index (χ3n) is 3.50. The van der Waals surface area contributed by atoms with Crippen LogP contribution >= 0.6 is 12.4 Å². The molecule has 0 spiro atoms. The minimum atomic E-state index is -0.296. The topological polar surface area (TPSA) is 33.5 Å². The Morgan fingerprint density at radius 1 is 1.11 bits per heavy atom. The molecule has 0 amide bonds. The Morgan fingerprint density at radius 3 is 2.74 bits per heavy atom. The number of benzene rings is 1. The van der Waals surface area contributed by atoms with E-state index in [0.717, 1.165) is 24.0 Å². The molecule has 4 heteroatoms. The normalized spacial score (nSPS) is 15.3. The molecular weight excluding hydrogens is 262 g/mol. The molecule has 0 N–H and O–H groups in total. The van der Waals surface area contributed by atoms with Crippen LogP contribution in [0.25, 0.3) is 23.1 Å². The van der Waals surface area contributed by atoms with Crippen molar-refractivity contribution in [1.82, 2.24) is 0 Å². The Balaban J connectivity index is 0.00000110. The van der Waals surface area contributed by atoms with Crippen molar-refractivity contribution in [2.45, 2.75) is 0 Å². The van der Waals surface area contributed by atoms with Crippen molar-refractivity contribution < 1.29 is 4.42 Å². The van der Waals surface area contributed by atoms with Crippen molar-refractivity contribution in [1.29, 1.82) is 0 Å². The van der Waals surface area contributed by atoms with Gasteiger partial charge in [0.05, 0.1) is 5.69 Å². The van der Waals surface area contributed by atoms with Gasteiger partial charge < -0.3 is 9.32 Å². The van der Waals surface area contributed by atoms with Crippen molar-refractivity contribution in [3.8, 4) is 0 Å². The number of anilines is 1. The molecule has 4 rings (SSSR count). The number of rotatable bonds is 0. The molecule has 0 radical (unpaired) electrons. The fraction of sp³-hybridized carbons (Fsp3) is 0.133. The van der Waals surface area contributed by atoms with Crippen LogP contribution in [-0.2, 0) is 0 Å². The van der Waals surface area contributed by atoms with Crippen LogP contribution in [-0.4, -0.2) is 13.1 Å². The second kappa shape index (κ2) is 4.28. The lowest BCUT2D eigenvalue weighted by Crippen LogP contribution is -2.28. The van der Waals surface area contributed by atoms with Crippen LogP contribution in [0.2, 0.25) is 0 Å². The van der Waals surface area contributed by atoms with E-state index >= 15 is 0 Å². The van der Waals surface area contributed by atoms with Crippen LogP contribution in [0.1, 0.15) is 11.1 Å². The Hall–Kier alpha value is -2.00. The highest BCUT2D eigenvalue weighted by Gasteiger charge is 2.21. The van der Waals surface area contributed by atoms with Gasteiger partial charge in [-0.3, -0.25) is 0 Å². The van der Waals surface area contributed by atoms with E-state index in [1.54, 1.807) is 0 Å². The maximum atomic E-state index is 11.4. The van der Waals surface area contributed by atoms with Gasteiger partial charge in [-0.25, -0.2) is 4.79 Å². The summed E-state index contributed by atoms with van der Waals surface area (Å²) in [6.07, 6.45) is 8.47. The maximum absolute atomic E-state index is 11.4. The van der Waals surface area contributed by atoms with E-state index in [9.17, 15) is 4.79 Å². The zero-order valence-electron chi connectivity index (χ0n) is 10.1. The molecule has 1 aromatic carbocycles. The van der Waals surface area contributed by atoms with Gasteiger partial charge in [0.15, 0.2) is 0 Å². The Bertz CT molecular complexity index is 774. The zero-order chi connectivity index (χ0) is 12.1. The summed E-state index contributed by atoms with van der Waals surface area (Å²) >= 11 is 0. The molecule has 3 nitrogen and oxygen atoms in total. The zero-order valence-corrected chi connectivity index (χ0v) is 10.9. The third kappa shape index (κ3) is 1.70. The summed E-state index contributed by atoms with van der Waals surface area (Å²) in [6.45, 7) is 1.82. The molecule has 3 heterocycles. The fourth-order valence-corrected chi connectivity index (χ4v) is 2.75. The average molecular weight is 274 g/mol. The van der Waals surface area contributed by atoms with Crippen LogP contribution in [0, 0.1) is 0 Å². The monoisotopic (exact) mass is 273 g/mol. The van der Waals surface area contributed by atoms with Crippen LogP contribution in [0.15, 0.2) is 39.6 Å². The maximum Gasteiger partial charge on any atom is 0.336 e. The number of nitrogens with zero attached hydrogens (tertiary/aromatic N) is 1. The van der Waals surface area contributed by atoms with E-state index < -0.39 is 0 Å². The lowest BCUT2D eigenvalue weighted by Gasteiger charge is -2.31. The molecule has 0 atom stereocenters. The van der Waals surface area contributed by atoms with E-state index in [4.69, 9.17) is 4.42 Å². The lowest BCUT2D eigenvalue weighted by molar-refractivity contribution is 0.560. The predicted octanol–water partition coefficient (Wildman–Crippen LogP) is 3.07. The summed E-state index contributed by atoms with van der Waals surface area (Å²) in [5.74, 6) is 0. The van der Waals surface area contributed by atoms with E-state index in [0.29, 0.717) is 5.58 Å². The van der Waals surface area contributed by atoms with Crippen molar-refractivity contribution >= 4 is 41.2 Å². The molecule has 2 aromatic rings. The van der Waals surface area contributed by atoms with Gasteiger partial charge in [-0.1, -0.05) is 24.3 Å². The summed E-state index contributed by atoms with van der Waals surface area (Å²) in [5, 5.41) is 0.974. The molecule has 1 aromatic heterocycles. The SMILES string of the molecule is Cl.O=c1ccc2cc3c4c(c2o1)C=CCN4CC=C3. The Labute approximate surface area is 116 Å². The second-order valence-corrected chi connectivity index (χ2v) is 4.61. The minimum Gasteiger partial charge on any atom is -0.422 e. The highest BCUT2D eigenvalue weighted by Crippen LogP contribution is 2.38. The van der Waals surface area contributed by atoms with Crippen molar-refractivity contribution in [2.24, 2.45) is 0 Å². The molecule has 96 valence electrons. The van der Waals surface area contributed by atoms with Gasteiger partial charge >= 0.3 is 5.63 Å². The van der Waals surface area contributed by atoms with Crippen LogP contribution in [0.5, 0.6) is 0 Å². The molecule has 0 saturated carbocycles. The first-order chi connectivity index (χ1) is 8.83.